The van der Waals surface area contributed by atoms with Crippen molar-refractivity contribution in [1.29, 1.82) is 0 Å². The second-order valence-corrected chi connectivity index (χ2v) is 10.8. The zero-order chi connectivity index (χ0) is 29.3. The molecular weight excluding hydrogens is 496 g/mol. The van der Waals surface area contributed by atoms with Crippen LogP contribution in [0.5, 0.6) is 0 Å². The predicted octanol–water partition coefficient (Wildman–Crippen LogP) is 4.63. The number of carbonyl (C=O) groups excluding carboxylic acids is 4. The molecule has 9 heteroatoms. The van der Waals surface area contributed by atoms with Crippen molar-refractivity contribution in [3.63, 3.8) is 0 Å². The Kier molecular flexibility index (Phi) is 11.1. The summed E-state index contributed by atoms with van der Waals surface area (Å²) < 4.78 is 5.36. The number of carbonyl (C=O) groups is 4. The van der Waals surface area contributed by atoms with Crippen LogP contribution < -0.4 is 16.4 Å². The number of nitrogens with two attached hydrogens (primary N) is 1. The fourth-order valence-corrected chi connectivity index (χ4v) is 4.14. The maximum Gasteiger partial charge on any atom is 0.408 e. The minimum atomic E-state index is -1.14. The number of primary amides is 1. The van der Waals surface area contributed by atoms with E-state index in [-0.39, 0.29) is 12.8 Å². The highest BCUT2D eigenvalue weighted by atomic mass is 16.6. The Bertz CT molecular complexity index is 1150. The molecule has 0 heterocycles. The largest absolute Gasteiger partial charge is 0.444 e. The molecule has 212 valence electrons. The van der Waals surface area contributed by atoms with Crippen LogP contribution in [0, 0.1) is 6.92 Å². The average molecular weight is 539 g/mol. The van der Waals surface area contributed by atoms with E-state index in [1.165, 1.54) is 4.90 Å². The lowest BCUT2D eigenvalue weighted by molar-refractivity contribution is -0.143. The highest BCUT2D eigenvalue weighted by molar-refractivity contribution is 5.99. The quantitative estimate of drug-likeness (QED) is 0.384. The van der Waals surface area contributed by atoms with Gasteiger partial charge in [-0.3, -0.25) is 14.4 Å². The summed E-state index contributed by atoms with van der Waals surface area (Å²) in [6.45, 7) is 12.6. The van der Waals surface area contributed by atoms with Gasteiger partial charge in [0.15, 0.2) is 0 Å². The van der Waals surface area contributed by atoms with Gasteiger partial charge in [-0.05, 0) is 77.1 Å². The van der Waals surface area contributed by atoms with Crippen molar-refractivity contribution in [2.24, 2.45) is 5.73 Å². The van der Waals surface area contributed by atoms with E-state index in [0.717, 1.165) is 17.5 Å². The van der Waals surface area contributed by atoms with Gasteiger partial charge in [0, 0.05) is 18.2 Å². The molecule has 0 aromatic heterocycles. The van der Waals surface area contributed by atoms with E-state index in [1.54, 1.807) is 40.7 Å². The third-order valence-electron chi connectivity index (χ3n) is 6.11. The summed E-state index contributed by atoms with van der Waals surface area (Å²) in [6.07, 6.45) is -0.161. The van der Waals surface area contributed by atoms with E-state index >= 15 is 0 Å². The highest BCUT2D eigenvalue weighted by Gasteiger charge is 2.38. The molecular formula is C30H42N4O5. The molecule has 0 bridgehead atoms. The standard InChI is InChI=1S/C30H42N4O5/c1-8-21-13-15-22(16-14-21)26(27(36)32-23-12-10-9-11-20(23)4)34(19(2)3)28(37)24(17-18-25(31)35)33-29(38)39-30(5,6)7/h9-16,19,24,26H,8,17-18H2,1-7H3,(H2,31,35)(H,32,36)(H,33,38). The van der Waals surface area contributed by atoms with Crippen molar-refractivity contribution in [2.45, 2.75) is 91.5 Å². The summed E-state index contributed by atoms with van der Waals surface area (Å²) in [5, 5.41) is 5.56. The predicted molar refractivity (Wildman–Crippen MR) is 152 cm³/mol. The van der Waals surface area contributed by atoms with E-state index in [1.807, 2.05) is 56.3 Å². The zero-order valence-electron chi connectivity index (χ0n) is 24.0. The first-order valence-electron chi connectivity index (χ1n) is 13.3. The minimum absolute atomic E-state index is 0.0441. The minimum Gasteiger partial charge on any atom is -0.444 e. The Morgan fingerprint density at radius 3 is 2.13 bits per heavy atom. The fraction of sp³-hybridized carbons (Fsp3) is 0.467. The van der Waals surface area contributed by atoms with Crippen LogP contribution in [0.1, 0.15) is 77.1 Å². The number of anilines is 1. The second kappa shape index (κ2) is 13.8. The molecule has 2 unspecified atom stereocenters. The van der Waals surface area contributed by atoms with E-state index in [9.17, 15) is 19.2 Å². The summed E-state index contributed by atoms with van der Waals surface area (Å²) >= 11 is 0. The average Bonchev–Trinajstić information content (AvgIpc) is 2.84. The molecule has 0 aliphatic heterocycles. The molecule has 0 radical (unpaired) electrons. The molecule has 2 aromatic rings. The lowest BCUT2D eigenvalue weighted by atomic mass is 9.98. The molecule has 0 aliphatic carbocycles. The molecule has 0 saturated carbocycles. The molecule has 2 rings (SSSR count). The molecule has 4 N–H and O–H groups in total. The van der Waals surface area contributed by atoms with Crippen LogP contribution in [0.2, 0.25) is 0 Å². The van der Waals surface area contributed by atoms with Crippen LogP contribution in [0.15, 0.2) is 48.5 Å². The highest BCUT2D eigenvalue weighted by Crippen LogP contribution is 2.28. The van der Waals surface area contributed by atoms with Gasteiger partial charge in [-0.2, -0.15) is 0 Å². The van der Waals surface area contributed by atoms with Crippen LogP contribution >= 0.6 is 0 Å². The van der Waals surface area contributed by atoms with E-state index in [0.29, 0.717) is 11.3 Å². The number of ether oxygens (including phenoxy) is 1. The number of para-hydroxylation sites is 1. The van der Waals surface area contributed by atoms with Gasteiger partial charge in [0.1, 0.15) is 17.7 Å². The summed E-state index contributed by atoms with van der Waals surface area (Å²) in [5.74, 6) is -1.54. The lowest BCUT2D eigenvalue weighted by Gasteiger charge is -2.37. The number of aryl methyl sites for hydroxylation is 2. The topological polar surface area (TPSA) is 131 Å². The van der Waals surface area contributed by atoms with E-state index in [4.69, 9.17) is 10.5 Å². The molecule has 0 spiro atoms. The van der Waals surface area contributed by atoms with Crippen molar-refractivity contribution in [2.75, 3.05) is 5.32 Å². The van der Waals surface area contributed by atoms with Crippen LogP contribution in [0.3, 0.4) is 0 Å². The van der Waals surface area contributed by atoms with Gasteiger partial charge < -0.3 is 26.0 Å². The first-order valence-corrected chi connectivity index (χ1v) is 13.3. The van der Waals surface area contributed by atoms with Crippen LogP contribution in [0.25, 0.3) is 0 Å². The summed E-state index contributed by atoms with van der Waals surface area (Å²) in [6, 6.07) is 12.3. The summed E-state index contributed by atoms with van der Waals surface area (Å²) in [4.78, 5) is 53.6. The van der Waals surface area contributed by atoms with Crippen LogP contribution in [0.4, 0.5) is 10.5 Å². The van der Waals surface area contributed by atoms with Gasteiger partial charge in [0.2, 0.25) is 11.8 Å². The zero-order valence-corrected chi connectivity index (χ0v) is 24.0. The number of nitrogens with one attached hydrogen (secondary N) is 2. The van der Waals surface area contributed by atoms with Gasteiger partial charge in [-0.1, -0.05) is 49.4 Å². The summed E-state index contributed by atoms with van der Waals surface area (Å²) in [7, 11) is 0. The molecule has 9 nitrogen and oxygen atoms in total. The first-order chi connectivity index (χ1) is 18.2. The molecule has 4 amide bonds. The van der Waals surface area contributed by atoms with Gasteiger partial charge in [0.25, 0.3) is 5.91 Å². The van der Waals surface area contributed by atoms with Gasteiger partial charge in [-0.25, -0.2) is 4.79 Å². The fourth-order valence-electron chi connectivity index (χ4n) is 4.14. The molecule has 2 aromatic carbocycles. The van der Waals surface area contributed by atoms with Crippen molar-refractivity contribution in [1.82, 2.24) is 10.2 Å². The number of hydrogen-bond acceptors (Lipinski definition) is 5. The molecule has 0 aliphatic rings. The van der Waals surface area contributed by atoms with Crippen molar-refractivity contribution in [3.8, 4) is 0 Å². The number of hydrogen-bond donors (Lipinski definition) is 3. The molecule has 0 saturated heterocycles. The summed E-state index contributed by atoms with van der Waals surface area (Å²) in [5.41, 5.74) is 7.78. The monoisotopic (exact) mass is 538 g/mol. The molecule has 2 atom stereocenters. The Morgan fingerprint density at radius 2 is 1.62 bits per heavy atom. The van der Waals surface area contributed by atoms with Gasteiger partial charge in [-0.15, -0.1) is 0 Å². The SMILES string of the molecule is CCc1ccc(C(C(=O)Nc2ccccc2C)N(C(=O)C(CCC(N)=O)NC(=O)OC(C)(C)C)C(C)C)cc1. The second-order valence-electron chi connectivity index (χ2n) is 10.8. The van der Waals surface area contributed by atoms with Crippen molar-refractivity contribution >= 4 is 29.5 Å². The molecule has 0 fully saturated rings. The smallest absolute Gasteiger partial charge is 0.408 e. The number of nitrogens with zero attached hydrogens (tertiary/aromatic N) is 1. The maximum atomic E-state index is 14.1. The maximum absolute atomic E-state index is 14.1. The number of rotatable bonds is 11. The van der Waals surface area contributed by atoms with Gasteiger partial charge >= 0.3 is 6.09 Å². The van der Waals surface area contributed by atoms with E-state index < -0.39 is 47.5 Å². The number of benzene rings is 2. The Labute approximate surface area is 231 Å². The number of alkyl carbamates (subject to hydrolysis) is 1. The van der Waals surface area contributed by atoms with Crippen molar-refractivity contribution in [3.05, 3.63) is 65.2 Å². The van der Waals surface area contributed by atoms with Crippen molar-refractivity contribution < 1.29 is 23.9 Å². The Hall–Kier alpha value is -3.88. The van der Waals surface area contributed by atoms with Crippen LogP contribution in [-0.4, -0.2) is 46.4 Å². The first kappa shape index (κ1) is 31.3. The van der Waals surface area contributed by atoms with E-state index in [2.05, 4.69) is 10.6 Å². The Morgan fingerprint density at radius 1 is 1.00 bits per heavy atom. The third-order valence-corrected chi connectivity index (χ3v) is 6.11. The molecule has 39 heavy (non-hydrogen) atoms. The lowest BCUT2D eigenvalue weighted by Crippen LogP contribution is -2.54. The third kappa shape index (κ3) is 9.42. The normalized spacial score (nSPS) is 12.8. The van der Waals surface area contributed by atoms with Gasteiger partial charge in [0.05, 0.1) is 0 Å². The number of amides is 4. The Balaban J connectivity index is 2.54. The van der Waals surface area contributed by atoms with Crippen LogP contribution in [-0.2, 0) is 25.5 Å².